The maximum Gasteiger partial charge on any atom is 0.416 e. The van der Waals surface area contributed by atoms with E-state index in [0.717, 1.165) is 28.9 Å². The van der Waals surface area contributed by atoms with Gasteiger partial charge in [-0.3, -0.25) is 9.59 Å². The highest BCUT2D eigenvalue weighted by atomic mass is 19.4. The van der Waals surface area contributed by atoms with Crippen LogP contribution in [-0.2, 0) is 12.7 Å². The number of halogens is 3. The largest absolute Gasteiger partial charge is 0.495 e. The molecule has 1 amide bonds. The van der Waals surface area contributed by atoms with Crippen molar-refractivity contribution in [2.45, 2.75) is 19.6 Å². The molecule has 1 aromatic carbocycles. The molecule has 1 aromatic heterocycles. The van der Waals surface area contributed by atoms with Crippen molar-refractivity contribution >= 4 is 11.6 Å². The van der Waals surface area contributed by atoms with Gasteiger partial charge in [-0.15, -0.1) is 0 Å². The zero-order valence-corrected chi connectivity index (χ0v) is 12.8. The number of methoxy groups -OCH3 is 1. The minimum Gasteiger partial charge on any atom is -0.495 e. The first kappa shape index (κ1) is 17.5. The van der Waals surface area contributed by atoms with Crippen LogP contribution in [0.5, 0.6) is 5.75 Å². The highest BCUT2D eigenvalue weighted by molar-refractivity contribution is 6.03. The van der Waals surface area contributed by atoms with Crippen molar-refractivity contribution in [1.29, 1.82) is 0 Å². The van der Waals surface area contributed by atoms with E-state index in [0.29, 0.717) is 0 Å². The summed E-state index contributed by atoms with van der Waals surface area (Å²) >= 11 is 0. The standard InChI is InChI=1S/C15H14F3N3O3/c1-3-21-13(22)7-5-10(20-21)14(23)19-11-8-9(15(16,17)18)4-6-12(11)24-2/h4-8H,3H2,1-2H3,(H,19,23). The Labute approximate surface area is 134 Å². The molecule has 0 saturated heterocycles. The molecule has 128 valence electrons. The summed E-state index contributed by atoms with van der Waals surface area (Å²) in [6.07, 6.45) is -4.56. The Bertz CT molecular complexity index is 816. The van der Waals surface area contributed by atoms with E-state index in [1.54, 1.807) is 6.92 Å². The molecule has 0 fully saturated rings. The van der Waals surface area contributed by atoms with E-state index in [4.69, 9.17) is 4.74 Å². The summed E-state index contributed by atoms with van der Waals surface area (Å²) < 4.78 is 44.4. The van der Waals surface area contributed by atoms with Crippen LogP contribution in [0.15, 0.2) is 35.1 Å². The van der Waals surface area contributed by atoms with Crippen molar-refractivity contribution in [3.05, 3.63) is 51.9 Å². The maximum absolute atomic E-state index is 12.8. The van der Waals surface area contributed by atoms with Gasteiger partial charge in [0.25, 0.3) is 11.5 Å². The molecule has 0 spiro atoms. The highest BCUT2D eigenvalue weighted by Crippen LogP contribution is 2.35. The molecular formula is C15H14F3N3O3. The number of anilines is 1. The molecule has 1 heterocycles. The number of aryl methyl sites for hydroxylation is 1. The minimum atomic E-state index is -4.56. The lowest BCUT2D eigenvalue weighted by atomic mass is 10.1. The summed E-state index contributed by atoms with van der Waals surface area (Å²) in [5.74, 6) is -0.685. The van der Waals surface area contributed by atoms with Crippen LogP contribution in [0.2, 0.25) is 0 Å². The summed E-state index contributed by atoms with van der Waals surface area (Å²) in [5, 5.41) is 6.16. The lowest BCUT2D eigenvalue weighted by Gasteiger charge is -2.13. The van der Waals surface area contributed by atoms with E-state index in [9.17, 15) is 22.8 Å². The Morgan fingerprint density at radius 1 is 1.29 bits per heavy atom. The normalized spacial score (nSPS) is 11.2. The highest BCUT2D eigenvalue weighted by Gasteiger charge is 2.31. The van der Waals surface area contributed by atoms with Crippen LogP contribution in [-0.4, -0.2) is 22.8 Å². The molecular weight excluding hydrogens is 327 g/mol. The number of nitrogens with zero attached hydrogens (tertiary/aromatic N) is 2. The van der Waals surface area contributed by atoms with Crippen molar-refractivity contribution in [3.8, 4) is 5.75 Å². The van der Waals surface area contributed by atoms with Gasteiger partial charge in [0.1, 0.15) is 11.4 Å². The van der Waals surface area contributed by atoms with E-state index in [-0.39, 0.29) is 29.2 Å². The summed E-state index contributed by atoms with van der Waals surface area (Å²) in [4.78, 5) is 23.7. The average Bonchev–Trinajstić information content (AvgIpc) is 2.54. The predicted octanol–water partition coefficient (Wildman–Crippen LogP) is 2.54. The summed E-state index contributed by atoms with van der Waals surface area (Å²) in [6, 6.07) is 5.09. The van der Waals surface area contributed by atoms with Crippen molar-refractivity contribution in [1.82, 2.24) is 9.78 Å². The molecule has 0 atom stereocenters. The van der Waals surface area contributed by atoms with Gasteiger partial charge in [-0.25, -0.2) is 4.68 Å². The number of rotatable bonds is 4. The number of hydrogen-bond donors (Lipinski definition) is 1. The Hall–Kier alpha value is -2.84. The van der Waals surface area contributed by atoms with Gasteiger partial charge in [-0.05, 0) is 31.2 Å². The summed E-state index contributed by atoms with van der Waals surface area (Å²) in [7, 11) is 1.27. The molecule has 9 heteroatoms. The molecule has 0 unspecified atom stereocenters. The predicted molar refractivity (Wildman–Crippen MR) is 80.1 cm³/mol. The molecule has 2 rings (SSSR count). The number of benzene rings is 1. The fourth-order valence-corrected chi connectivity index (χ4v) is 1.96. The smallest absolute Gasteiger partial charge is 0.416 e. The van der Waals surface area contributed by atoms with E-state index in [1.807, 2.05) is 0 Å². The Morgan fingerprint density at radius 2 is 2.00 bits per heavy atom. The fourth-order valence-electron chi connectivity index (χ4n) is 1.96. The van der Waals surface area contributed by atoms with Gasteiger partial charge in [-0.1, -0.05) is 0 Å². The quantitative estimate of drug-likeness (QED) is 0.927. The second-order valence-corrected chi connectivity index (χ2v) is 4.74. The van der Waals surface area contributed by atoms with Crippen molar-refractivity contribution in [2.24, 2.45) is 0 Å². The SMILES string of the molecule is CCn1nc(C(=O)Nc2cc(C(F)(F)F)ccc2OC)ccc1=O. The van der Waals surface area contributed by atoms with Crippen LogP contribution in [0.3, 0.4) is 0 Å². The molecule has 1 N–H and O–H groups in total. The molecule has 0 aliphatic carbocycles. The molecule has 24 heavy (non-hydrogen) atoms. The lowest BCUT2D eigenvalue weighted by molar-refractivity contribution is -0.137. The average molecular weight is 341 g/mol. The van der Waals surface area contributed by atoms with E-state index in [2.05, 4.69) is 10.4 Å². The fraction of sp³-hybridized carbons (Fsp3) is 0.267. The molecule has 0 bridgehead atoms. The van der Waals surface area contributed by atoms with Crippen molar-refractivity contribution in [2.75, 3.05) is 12.4 Å². The number of ether oxygens (including phenoxy) is 1. The number of hydrogen-bond acceptors (Lipinski definition) is 4. The number of amides is 1. The van der Waals surface area contributed by atoms with Gasteiger partial charge in [0, 0.05) is 12.6 Å². The molecule has 0 radical (unpaired) electrons. The third kappa shape index (κ3) is 3.73. The molecule has 0 aliphatic rings. The second kappa shape index (κ2) is 6.73. The van der Waals surface area contributed by atoms with Crippen molar-refractivity contribution < 1.29 is 22.7 Å². The van der Waals surface area contributed by atoms with Crippen LogP contribution in [0, 0.1) is 0 Å². The van der Waals surface area contributed by atoms with Crippen LogP contribution in [0.1, 0.15) is 23.0 Å². The molecule has 0 saturated carbocycles. The van der Waals surface area contributed by atoms with Gasteiger partial charge in [0.2, 0.25) is 0 Å². The van der Waals surface area contributed by atoms with Gasteiger partial charge in [0.15, 0.2) is 0 Å². The third-order valence-corrected chi connectivity index (χ3v) is 3.17. The summed E-state index contributed by atoms with van der Waals surface area (Å²) in [5.41, 5.74) is -1.56. The topological polar surface area (TPSA) is 73.2 Å². The number of carbonyl (C=O) groups excluding carboxylic acids is 1. The summed E-state index contributed by atoms with van der Waals surface area (Å²) in [6.45, 7) is 1.93. The zero-order valence-electron chi connectivity index (χ0n) is 12.8. The van der Waals surface area contributed by atoms with Crippen LogP contribution in [0.25, 0.3) is 0 Å². The number of aromatic nitrogens is 2. The van der Waals surface area contributed by atoms with Gasteiger partial charge in [-0.2, -0.15) is 18.3 Å². The Morgan fingerprint density at radius 3 is 2.58 bits per heavy atom. The number of alkyl halides is 3. The van der Waals surface area contributed by atoms with Crippen LogP contribution >= 0.6 is 0 Å². The van der Waals surface area contributed by atoms with Crippen molar-refractivity contribution in [3.63, 3.8) is 0 Å². The first-order valence-electron chi connectivity index (χ1n) is 6.91. The second-order valence-electron chi connectivity index (χ2n) is 4.74. The van der Waals surface area contributed by atoms with E-state index in [1.165, 1.54) is 13.2 Å². The van der Waals surface area contributed by atoms with E-state index < -0.39 is 17.6 Å². The molecule has 2 aromatic rings. The Kier molecular flexibility index (Phi) is 4.91. The first-order chi connectivity index (χ1) is 11.3. The lowest BCUT2D eigenvalue weighted by Crippen LogP contribution is -2.25. The molecule has 0 aliphatic heterocycles. The first-order valence-corrected chi connectivity index (χ1v) is 6.91. The van der Waals surface area contributed by atoms with E-state index >= 15 is 0 Å². The van der Waals surface area contributed by atoms with Gasteiger partial charge >= 0.3 is 6.18 Å². The number of nitrogens with one attached hydrogen (secondary N) is 1. The van der Waals surface area contributed by atoms with Crippen LogP contribution in [0.4, 0.5) is 18.9 Å². The molecule has 6 nitrogen and oxygen atoms in total. The Balaban J connectivity index is 2.36. The van der Waals surface area contributed by atoms with Crippen LogP contribution < -0.4 is 15.6 Å². The van der Waals surface area contributed by atoms with Gasteiger partial charge < -0.3 is 10.1 Å². The maximum atomic E-state index is 12.8. The minimum absolute atomic E-state index is 0.0696. The number of carbonyl (C=O) groups is 1. The monoisotopic (exact) mass is 341 g/mol. The zero-order chi connectivity index (χ0) is 17.9. The third-order valence-electron chi connectivity index (χ3n) is 3.17. The van der Waals surface area contributed by atoms with Gasteiger partial charge in [0.05, 0.1) is 18.4 Å².